The van der Waals surface area contributed by atoms with Crippen LogP contribution in [0.3, 0.4) is 0 Å². The predicted octanol–water partition coefficient (Wildman–Crippen LogP) is 1.61. The molecule has 3 nitrogen and oxygen atoms in total. The molecule has 2 rings (SSSR count). The largest absolute Gasteiger partial charge is 0.506 e. The minimum atomic E-state index is 0.202. The second kappa shape index (κ2) is 4.11. The summed E-state index contributed by atoms with van der Waals surface area (Å²) in [5.74, 6) is 0.202. The van der Waals surface area contributed by atoms with E-state index in [1.807, 2.05) is 12.1 Å². The first-order valence-corrected chi connectivity index (χ1v) is 5.45. The molecular formula is C12H18N2O. The van der Waals surface area contributed by atoms with Crippen LogP contribution in [0, 0.1) is 0 Å². The van der Waals surface area contributed by atoms with Crippen LogP contribution in [0.1, 0.15) is 18.4 Å². The van der Waals surface area contributed by atoms with E-state index < -0.39 is 0 Å². The zero-order chi connectivity index (χ0) is 10.8. The quantitative estimate of drug-likeness (QED) is 0.571. The monoisotopic (exact) mass is 206 g/mol. The molecule has 3 heteroatoms. The second-order valence-electron chi connectivity index (χ2n) is 4.33. The molecule has 0 saturated carbocycles. The van der Waals surface area contributed by atoms with Crippen LogP contribution >= 0.6 is 0 Å². The van der Waals surface area contributed by atoms with Crippen molar-refractivity contribution in [1.29, 1.82) is 0 Å². The lowest BCUT2D eigenvalue weighted by atomic mass is 10.0. The number of likely N-dealkylation sites (N-methyl/N-ethyl adjacent to an activating group) is 1. The van der Waals surface area contributed by atoms with E-state index in [0.717, 1.165) is 12.0 Å². The minimum absolute atomic E-state index is 0.202. The average molecular weight is 206 g/mol. The summed E-state index contributed by atoms with van der Waals surface area (Å²) >= 11 is 0. The molecule has 0 aliphatic carbocycles. The summed E-state index contributed by atoms with van der Waals surface area (Å²) in [5.41, 5.74) is 7.44. The average Bonchev–Trinajstić information content (AvgIpc) is 2.60. The molecule has 1 saturated heterocycles. The van der Waals surface area contributed by atoms with E-state index >= 15 is 0 Å². The summed E-state index contributed by atoms with van der Waals surface area (Å²) in [6, 6.07) is 6.07. The fourth-order valence-electron chi connectivity index (χ4n) is 2.27. The Balaban J connectivity index is 2.13. The van der Waals surface area contributed by atoms with Gasteiger partial charge in [0.15, 0.2) is 0 Å². The summed E-state index contributed by atoms with van der Waals surface area (Å²) < 4.78 is 0. The number of nitrogens with zero attached hydrogens (tertiary/aromatic N) is 1. The molecule has 0 radical (unpaired) electrons. The molecule has 0 bridgehead atoms. The first kappa shape index (κ1) is 10.3. The van der Waals surface area contributed by atoms with Gasteiger partial charge in [0.05, 0.1) is 5.69 Å². The van der Waals surface area contributed by atoms with E-state index in [4.69, 9.17) is 5.73 Å². The Labute approximate surface area is 90.5 Å². The smallest absolute Gasteiger partial charge is 0.138 e. The molecule has 1 aromatic rings. The third-order valence-corrected chi connectivity index (χ3v) is 3.30. The van der Waals surface area contributed by atoms with Gasteiger partial charge in [-0.3, -0.25) is 0 Å². The van der Waals surface area contributed by atoms with Gasteiger partial charge >= 0.3 is 0 Å². The Hall–Kier alpha value is -1.22. The highest BCUT2D eigenvalue weighted by molar-refractivity contribution is 5.57. The van der Waals surface area contributed by atoms with Crippen molar-refractivity contribution in [2.24, 2.45) is 0 Å². The van der Waals surface area contributed by atoms with Gasteiger partial charge in [-0.05, 0) is 44.5 Å². The standard InChI is InChI=1S/C12H18N2O/c1-14-7-3-5-10(14)8-9-4-2-6-11(15)12(9)13/h2,4,6,10,15H,3,5,7-8,13H2,1H3. The van der Waals surface area contributed by atoms with Crippen LogP contribution in [0.15, 0.2) is 18.2 Å². The van der Waals surface area contributed by atoms with Gasteiger partial charge < -0.3 is 15.7 Å². The van der Waals surface area contributed by atoms with Crippen LogP contribution in [0.5, 0.6) is 5.75 Å². The van der Waals surface area contributed by atoms with E-state index in [2.05, 4.69) is 11.9 Å². The van der Waals surface area contributed by atoms with Gasteiger partial charge in [-0.2, -0.15) is 0 Å². The fraction of sp³-hybridized carbons (Fsp3) is 0.500. The number of hydrogen-bond acceptors (Lipinski definition) is 3. The third-order valence-electron chi connectivity index (χ3n) is 3.30. The highest BCUT2D eigenvalue weighted by Gasteiger charge is 2.21. The number of rotatable bonds is 2. The van der Waals surface area contributed by atoms with Gasteiger partial charge in [0.25, 0.3) is 0 Å². The van der Waals surface area contributed by atoms with Crippen LogP contribution in [-0.4, -0.2) is 29.6 Å². The Morgan fingerprint density at radius 1 is 1.53 bits per heavy atom. The highest BCUT2D eigenvalue weighted by atomic mass is 16.3. The summed E-state index contributed by atoms with van der Waals surface area (Å²) in [7, 11) is 2.15. The predicted molar refractivity (Wildman–Crippen MR) is 61.9 cm³/mol. The van der Waals surface area contributed by atoms with Gasteiger partial charge in [-0.15, -0.1) is 0 Å². The number of nitrogens with two attached hydrogens (primary N) is 1. The van der Waals surface area contributed by atoms with E-state index in [1.54, 1.807) is 6.07 Å². The number of para-hydroxylation sites is 1. The molecule has 82 valence electrons. The van der Waals surface area contributed by atoms with Crippen molar-refractivity contribution in [3.63, 3.8) is 0 Å². The number of benzene rings is 1. The molecular weight excluding hydrogens is 188 g/mol. The zero-order valence-corrected chi connectivity index (χ0v) is 9.11. The Bertz CT molecular complexity index is 351. The first-order valence-electron chi connectivity index (χ1n) is 5.45. The first-order chi connectivity index (χ1) is 7.18. The SMILES string of the molecule is CN1CCCC1Cc1cccc(O)c1N. The molecule has 1 heterocycles. The summed E-state index contributed by atoms with van der Waals surface area (Å²) in [4.78, 5) is 2.36. The molecule has 1 atom stereocenters. The fourth-order valence-corrected chi connectivity index (χ4v) is 2.27. The number of nitrogen functional groups attached to an aromatic ring is 1. The molecule has 3 N–H and O–H groups in total. The molecule has 1 aliphatic rings. The number of phenols is 1. The Morgan fingerprint density at radius 3 is 3.00 bits per heavy atom. The topological polar surface area (TPSA) is 49.5 Å². The van der Waals surface area contributed by atoms with E-state index in [-0.39, 0.29) is 5.75 Å². The van der Waals surface area contributed by atoms with Crippen LogP contribution in [-0.2, 0) is 6.42 Å². The van der Waals surface area contributed by atoms with Crippen molar-refractivity contribution in [3.05, 3.63) is 23.8 Å². The van der Waals surface area contributed by atoms with Crippen molar-refractivity contribution in [2.75, 3.05) is 19.3 Å². The molecule has 1 aromatic carbocycles. The van der Waals surface area contributed by atoms with Gasteiger partial charge in [-0.25, -0.2) is 0 Å². The molecule has 1 unspecified atom stereocenters. The molecule has 0 aromatic heterocycles. The normalized spacial score (nSPS) is 22.1. The van der Waals surface area contributed by atoms with E-state index in [0.29, 0.717) is 11.7 Å². The molecule has 1 fully saturated rings. The van der Waals surface area contributed by atoms with Gasteiger partial charge in [0.1, 0.15) is 5.75 Å². The highest BCUT2D eigenvalue weighted by Crippen LogP contribution is 2.27. The van der Waals surface area contributed by atoms with Crippen molar-refractivity contribution < 1.29 is 5.11 Å². The maximum absolute atomic E-state index is 9.50. The number of phenolic OH excluding ortho intramolecular Hbond substituents is 1. The zero-order valence-electron chi connectivity index (χ0n) is 9.11. The third kappa shape index (κ3) is 2.07. The van der Waals surface area contributed by atoms with Gasteiger partial charge in [0, 0.05) is 6.04 Å². The lowest BCUT2D eigenvalue weighted by molar-refractivity contribution is 0.309. The maximum atomic E-state index is 9.50. The summed E-state index contributed by atoms with van der Waals surface area (Å²) in [5, 5.41) is 9.50. The summed E-state index contributed by atoms with van der Waals surface area (Å²) in [6.45, 7) is 1.17. The van der Waals surface area contributed by atoms with Crippen LogP contribution in [0.2, 0.25) is 0 Å². The van der Waals surface area contributed by atoms with Crippen LogP contribution < -0.4 is 5.73 Å². The van der Waals surface area contributed by atoms with Crippen molar-refractivity contribution >= 4 is 5.69 Å². The Kier molecular flexibility index (Phi) is 2.82. The van der Waals surface area contributed by atoms with Crippen LogP contribution in [0.25, 0.3) is 0 Å². The van der Waals surface area contributed by atoms with Crippen LogP contribution in [0.4, 0.5) is 5.69 Å². The molecule has 1 aliphatic heterocycles. The molecule has 15 heavy (non-hydrogen) atoms. The van der Waals surface area contributed by atoms with Crippen molar-refractivity contribution in [2.45, 2.75) is 25.3 Å². The Morgan fingerprint density at radius 2 is 2.33 bits per heavy atom. The van der Waals surface area contributed by atoms with Gasteiger partial charge in [0.2, 0.25) is 0 Å². The van der Waals surface area contributed by atoms with Crippen molar-refractivity contribution in [3.8, 4) is 5.75 Å². The summed E-state index contributed by atoms with van der Waals surface area (Å²) in [6.07, 6.45) is 3.43. The lowest BCUT2D eigenvalue weighted by Gasteiger charge is -2.20. The molecule has 0 spiro atoms. The molecule has 0 amide bonds. The lowest BCUT2D eigenvalue weighted by Crippen LogP contribution is -2.27. The number of anilines is 1. The van der Waals surface area contributed by atoms with E-state index in [1.165, 1.54) is 19.4 Å². The van der Waals surface area contributed by atoms with Crippen molar-refractivity contribution in [1.82, 2.24) is 4.90 Å². The number of likely N-dealkylation sites (tertiary alicyclic amines) is 1. The second-order valence-corrected chi connectivity index (χ2v) is 4.33. The van der Waals surface area contributed by atoms with Gasteiger partial charge in [-0.1, -0.05) is 12.1 Å². The minimum Gasteiger partial charge on any atom is -0.506 e. The number of hydrogen-bond donors (Lipinski definition) is 2. The van der Waals surface area contributed by atoms with E-state index in [9.17, 15) is 5.11 Å². The number of aromatic hydroxyl groups is 1. The maximum Gasteiger partial charge on any atom is 0.138 e.